The second kappa shape index (κ2) is 8.00. The van der Waals surface area contributed by atoms with Crippen molar-refractivity contribution in [1.29, 1.82) is 0 Å². The van der Waals surface area contributed by atoms with Gasteiger partial charge in [-0.05, 0) is 38.5 Å². The van der Waals surface area contributed by atoms with Gasteiger partial charge >= 0.3 is 6.18 Å². The molecule has 186 valence electrons. The standard InChI is InChI=1S/C23H27F3N8O/c1-14-17-10-27-21(30-20(17)34(31-14)16-11-35-12-16)32-6-3-22(4-7-32)5-8-33(13-22)19-9-18(23(24,25)26)28-15(2)29-19/h9-10,16H,3-8,11-13H2,1-2H3. The maximum atomic E-state index is 13.2. The lowest BCUT2D eigenvalue weighted by molar-refractivity contribution is -0.141. The fourth-order valence-electron chi connectivity index (χ4n) is 5.41. The summed E-state index contributed by atoms with van der Waals surface area (Å²) in [4.78, 5) is 21.6. The van der Waals surface area contributed by atoms with Crippen LogP contribution in [-0.4, -0.2) is 69.1 Å². The predicted octanol–water partition coefficient (Wildman–Crippen LogP) is 3.32. The molecular formula is C23H27F3N8O. The highest BCUT2D eigenvalue weighted by molar-refractivity contribution is 5.78. The molecule has 35 heavy (non-hydrogen) atoms. The Kier molecular flexibility index (Phi) is 5.13. The molecule has 0 aliphatic carbocycles. The van der Waals surface area contributed by atoms with E-state index in [4.69, 9.17) is 9.72 Å². The second-order valence-corrected chi connectivity index (χ2v) is 9.94. The molecule has 0 N–H and O–H groups in total. The van der Waals surface area contributed by atoms with Gasteiger partial charge in [-0.25, -0.2) is 19.6 Å². The van der Waals surface area contributed by atoms with Gasteiger partial charge < -0.3 is 14.5 Å². The van der Waals surface area contributed by atoms with Crippen molar-refractivity contribution in [3.8, 4) is 0 Å². The Balaban J connectivity index is 1.17. The Morgan fingerprint density at radius 3 is 2.37 bits per heavy atom. The van der Waals surface area contributed by atoms with Gasteiger partial charge in [-0.2, -0.15) is 23.3 Å². The second-order valence-electron chi connectivity index (χ2n) is 9.94. The lowest BCUT2D eigenvalue weighted by Crippen LogP contribution is -2.42. The van der Waals surface area contributed by atoms with Crippen molar-refractivity contribution in [3.63, 3.8) is 0 Å². The molecule has 0 amide bonds. The van der Waals surface area contributed by atoms with Crippen LogP contribution in [0.25, 0.3) is 11.0 Å². The normalized spacial score (nSPS) is 20.7. The van der Waals surface area contributed by atoms with Gasteiger partial charge in [0, 0.05) is 38.4 Å². The van der Waals surface area contributed by atoms with Crippen molar-refractivity contribution in [2.45, 2.75) is 45.3 Å². The summed E-state index contributed by atoms with van der Waals surface area (Å²) >= 11 is 0. The molecule has 0 atom stereocenters. The van der Waals surface area contributed by atoms with Crippen LogP contribution in [0, 0.1) is 19.3 Å². The van der Waals surface area contributed by atoms with Crippen LogP contribution >= 0.6 is 0 Å². The van der Waals surface area contributed by atoms with Crippen LogP contribution in [0.3, 0.4) is 0 Å². The average Bonchev–Trinajstić information content (AvgIpc) is 3.34. The number of halogens is 3. The molecule has 3 fully saturated rings. The molecule has 3 aliphatic rings. The van der Waals surface area contributed by atoms with Crippen molar-refractivity contribution in [2.75, 3.05) is 49.2 Å². The summed E-state index contributed by atoms with van der Waals surface area (Å²) in [5.74, 6) is 1.20. The van der Waals surface area contributed by atoms with E-state index in [2.05, 4.69) is 25.0 Å². The molecule has 0 saturated carbocycles. The van der Waals surface area contributed by atoms with Crippen LogP contribution < -0.4 is 9.80 Å². The molecule has 0 bridgehead atoms. The number of hydrogen-bond acceptors (Lipinski definition) is 8. The minimum atomic E-state index is -4.48. The van der Waals surface area contributed by atoms with Crippen molar-refractivity contribution < 1.29 is 17.9 Å². The number of hydrogen-bond donors (Lipinski definition) is 0. The molecule has 0 radical (unpaired) electrons. The van der Waals surface area contributed by atoms with E-state index < -0.39 is 11.9 Å². The molecule has 3 aliphatic heterocycles. The van der Waals surface area contributed by atoms with Gasteiger partial charge in [0.1, 0.15) is 23.4 Å². The third kappa shape index (κ3) is 3.97. The molecule has 1 spiro atoms. The first-order valence-electron chi connectivity index (χ1n) is 11.9. The monoisotopic (exact) mass is 488 g/mol. The van der Waals surface area contributed by atoms with Crippen LogP contribution in [0.4, 0.5) is 24.9 Å². The van der Waals surface area contributed by atoms with E-state index in [-0.39, 0.29) is 17.3 Å². The number of rotatable bonds is 3. The van der Waals surface area contributed by atoms with E-state index in [0.29, 0.717) is 38.1 Å². The fourth-order valence-corrected chi connectivity index (χ4v) is 5.41. The van der Waals surface area contributed by atoms with E-state index in [0.717, 1.165) is 55.1 Å². The Hall–Kier alpha value is -3.02. The van der Waals surface area contributed by atoms with E-state index in [1.54, 1.807) is 0 Å². The molecule has 9 nitrogen and oxygen atoms in total. The van der Waals surface area contributed by atoms with Crippen molar-refractivity contribution in [1.82, 2.24) is 29.7 Å². The number of nitrogens with zero attached hydrogens (tertiary/aromatic N) is 8. The van der Waals surface area contributed by atoms with Crippen molar-refractivity contribution in [3.05, 3.63) is 29.5 Å². The van der Waals surface area contributed by atoms with E-state index in [1.807, 2.05) is 22.7 Å². The maximum absolute atomic E-state index is 13.2. The van der Waals surface area contributed by atoms with Crippen LogP contribution in [-0.2, 0) is 10.9 Å². The van der Waals surface area contributed by atoms with Gasteiger partial charge in [0.15, 0.2) is 5.65 Å². The number of fused-ring (bicyclic) bond motifs is 1. The molecule has 6 rings (SSSR count). The topological polar surface area (TPSA) is 85.1 Å². The van der Waals surface area contributed by atoms with Crippen LogP contribution in [0.5, 0.6) is 0 Å². The first-order chi connectivity index (χ1) is 16.7. The summed E-state index contributed by atoms with van der Waals surface area (Å²) in [6.45, 7) is 7.76. The molecule has 12 heteroatoms. The Labute approximate surface area is 200 Å². The van der Waals surface area contributed by atoms with Crippen LogP contribution in [0.15, 0.2) is 12.3 Å². The van der Waals surface area contributed by atoms with Gasteiger partial charge in [-0.15, -0.1) is 0 Å². The van der Waals surface area contributed by atoms with Gasteiger partial charge in [0.25, 0.3) is 0 Å². The minimum Gasteiger partial charge on any atom is -0.377 e. The molecule has 3 aromatic rings. The highest BCUT2D eigenvalue weighted by Crippen LogP contribution is 2.42. The molecule has 6 heterocycles. The van der Waals surface area contributed by atoms with E-state index in [1.165, 1.54) is 6.92 Å². The SMILES string of the molecule is Cc1nc(N2CCC3(CCN(c4ncc5c(C)nn(C6COC6)c5n4)CC3)C2)cc(C(F)(F)F)n1. The van der Waals surface area contributed by atoms with Crippen molar-refractivity contribution in [2.24, 2.45) is 5.41 Å². The number of aryl methyl sites for hydroxylation is 2. The Morgan fingerprint density at radius 1 is 1.00 bits per heavy atom. The van der Waals surface area contributed by atoms with Gasteiger partial charge in [0.2, 0.25) is 5.95 Å². The summed E-state index contributed by atoms with van der Waals surface area (Å²) in [6, 6.07) is 1.29. The zero-order valence-corrected chi connectivity index (χ0v) is 19.7. The van der Waals surface area contributed by atoms with Gasteiger partial charge in [-0.3, -0.25) is 0 Å². The van der Waals surface area contributed by atoms with E-state index >= 15 is 0 Å². The lowest BCUT2D eigenvalue weighted by atomic mass is 9.78. The largest absolute Gasteiger partial charge is 0.433 e. The fraction of sp³-hybridized carbons (Fsp3) is 0.609. The summed E-state index contributed by atoms with van der Waals surface area (Å²) in [7, 11) is 0. The quantitative estimate of drug-likeness (QED) is 0.555. The number of ether oxygens (including phenoxy) is 1. The smallest absolute Gasteiger partial charge is 0.377 e. The summed E-state index contributed by atoms with van der Waals surface area (Å²) in [5, 5.41) is 5.61. The molecule has 3 aromatic heterocycles. The Morgan fingerprint density at radius 2 is 1.71 bits per heavy atom. The highest BCUT2D eigenvalue weighted by atomic mass is 19.4. The zero-order chi connectivity index (χ0) is 24.4. The van der Waals surface area contributed by atoms with Gasteiger partial charge in [0.05, 0.1) is 24.3 Å². The minimum absolute atomic E-state index is 0.0550. The summed E-state index contributed by atoms with van der Waals surface area (Å²) < 4.78 is 47.0. The van der Waals surface area contributed by atoms with E-state index in [9.17, 15) is 13.2 Å². The number of alkyl halides is 3. The molecule has 0 aromatic carbocycles. The van der Waals surface area contributed by atoms with Crippen molar-refractivity contribution >= 4 is 22.8 Å². The third-order valence-electron chi connectivity index (χ3n) is 7.57. The average molecular weight is 489 g/mol. The Bertz CT molecular complexity index is 1260. The number of piperidine rings is 1. The van der Waals surface area contributed by atoms with Crippen LogP contribution in [0.1, 0.15) is 42.5 Å². The first kappa shape index (κ1) is 22.4. The number of aromatic nitrogens is 6. The third-order valence-corrected chi connectivity index (χ3v) is 7.57. The highest BCUT2D eigenvalue weighted by Gasteiger charge is 2.42. The molecule has 3 saturated heterocycles. The van der Waals surface area contributed by atoms with Crippen LogP contribution in [0.2, 0.25) is 0 Å². The first-order valence-corrected chi connectivity index (χ1v) is 11.9. The maximum Gasteiger partial charge on any atom is 0.433 e. The molecular weight excluding hydrogens is 461 g/mol. The number of anilines is 2. The summed E-state index contributed by atoms with van der Waals surface area (Å²) in [6.07, 6.45) is 0.156. The van der Waals surface area contributed by atoms with Gasteiger partial charge in [-0.1, -0.05) is 0 Å². The zero-order valence-electron chi connectivity index (χ0n) is 19.7. The molecule has 0 unspecified atom stereocenters. The summed E-state index contributed by atoms with van der Waals surface area (Å²) in [5.41, 5.74) is 0.925. The predicted molar refractivity (Wildman–Crippen MR) is 122 cm³/mol. The lowest BCUT2D eigenvalue weighted by Gasteiger charge is -2.39.